The minimum atomic E-state index is -0.0422. The predicted molar refractivity (Wildman–Crippen MR) is 114 cm³/mol. The molecule has 28 heavy (non-hydrogen) atoms. The molecule has 2 unspecified atom stereocenters. The molecule has 0 radical (unpaired) electrons. The molecule has 2 N–H and O–H groups in total. The number of hydrogen-bond donors (Lipinski definition) is 2. The summed E-state index contributed by atoms with van der Waals surface area (Å²) in [6.45, 7) is 5.85. The zero-order chi connectivity index (χ0) is 18.8. The molecule has 0 spiro atoms. The Labute approximate surface area is 172 Å². The molecule has 1 aromatic heterocycles. The molecule has 4 rings (SSSR count). The number of carbonyl (C=O) groups excluding carboxylic acids is 1. The van der Waals surface area contributed by atoms with Crippen LogP contribution in [0, 0.1) is 11.8 Å². The number of fused-ring (bicyclic) bond motifs is 1. The van der Waals surface area contributed by atoms with Gasteiger partial charge in [0.25, 0.3) is 0 Å². The lowest BCUT2D eigenvalue weighted by atomic mass is 9.85. The number of imidazole rings is 1. The van der Waals surface area contributed by atoms with Gasteiger partial charge in [0.05, 0.1) is 11.0 Å². The molecule has 0 bridgehead atoms. The summed E-state index contributed by atoms with van der Waals surface area (Å²) >= 11 is 0. The van der Waals surface area contributed by atoms with E-state index < -0.39 is 0 Å². The van der Waals surface area contributed by atoms with Crippen molar-refractivity contribution in [3.63, 3.8) is 0 Å². The van der Waals surface area contributed by atoms with E-state index in [0.717, 1.165) is 50.1 Å². The first kappa shape index (κ1) is 20.9. The summed E-state index contributed by atoms with van der Waals surface area (Å²) in [4.78, 5) is 30.1. The molecule has 2 saturated heterocycles. The number of benzene rings is 1. The van der Waals surface area contributed by atoms with Crippen LogP contribution in [0.3, 0.4) is 0 Å². The molecule has 6 nitrogen and oxygen atoms in total. The molecular weight excluding hydrogens is 376 g/mol. The van der Waals surface area contributed by atoms with Crippen LogP contribution in [-0.4, -0.2) is 46.5 Å². The fourth-order valence-corrected chi connectivity index (χ4v) is 4.75. The molecule has 2 fully saturated rings. The van der Waals surface area contributed by atoms with Gasteiger partial charge in [-0.25, -0.2) is 4.79 Å². The molecule has 0 aliphatic carbocycles. The van der Waals surface area contributed by atoms with Crippen LogP contribution in [0.4, 0.5) is 0 Å². The van der Waals surface area contributed by atoms with Crippen LogP contribution in [0.5, 0.6) is 0 Å². The number of carbonyl (C=O) groups is 1. The topological polar surface area (TPSA) is 70.1 Å². The second-order valence-electron chi connectivity index (χ2n) is 8.22. The van der Waals surface area contributed by atoms with Gasteiger partial charge in [0.15, 0.2) is 0 Å². The maximum atomic E-state index is 12.8. The SMILES string of the molecule is CC(CC(=O)N1CCC(n2c(=O)[nH]c3ccccc32)CC1)C1CCCNC1.Cl. The van der Waals surface area contributed by atoms with Gasteiger partial charge in [-0.1, -0.05) is 19.1 Å². The first-order valence-electron chi connectivity index (χ1n) is 10.3. The van der Waals surface area contributed by atoms with Crippen LogP contribution in [0.2, 0.25) is 0 Å². The fourth-order valence-electron chi connectivity index (χ4n) is 4.75. The number of piperidine rings is 2. The summed E-state index contributed by atoms with van der Waals surface area (Å²) in [5, 5.41) is 3.45. The molecule has 2 atom stereocenters. The van der Waals surface area contributed by atoms with Crippen molar-refractivity contribution in [2.75, 3.05) is 26.2 Å². The monoisotopic (exact) mass is 406 g/mol. The van der Waals surface area contributed by atoms with Crippen molar-refractivity contribution in [3.05, 3.63) is 34.7 Å². The van der Waals surface area contributed by atoms with E-state index in [4.69, 9.17) is 0 Å². The Kier molecular flexibility index (Phi) is 6.83. The second kappa shape index (κ2) is 9.14. The van der Waals surface area contributed by atoms with E-state index in [9.17, 15) is 9.59 Å². The molecule has 154 valence electrons. The van der Waals surface area contributed by atoms with Gasteiger partial charge in [0.1, 0.15) is 0 Å². The van der Waals surface area contributed by atoms with Crippen molar-refractivity contribution >= 4 is 29.3 Å². The average molecular weight is 407 g/mol. The number of H-pyrrole nitrogens is 1. The van der Waals surface area contributed by atoms with Crippen LogP contribution >= 0.6 is 12.4 Å². The Morgan fingerprint density at radius 3 is 2.68 bits per heavy atom. The van der Waals surface area contributed by atoms with E-state index in [1.807, 2.05) is 33.7 Å². The normalized spacial score (nSPS) is 22.0. The van der Waals surface area contributed by atoms with Crippen molar-refractivity contribution in [3.8, 4) is 0 Å². The van der Waals surface area contributed by atoms with Crippen molar-refractivity contribution in [2.24, 2.45) is 11.8 Å². The van der Waals surface area contributed by atoms with E-state index in [2.05, 4.69) is 17.2 Å². The van der Waals surface area contributed by atoms with Crippen molar-refractivity contribution in [1.82, 2.24) is 19.8 Å². The zero-order valence-electron chi connectivity index (χ0n) is 16.5. The Morgan fingerprint density at radius 2 is 1.96 bits per heavy atom. The second-order valence-corrected chi connectivity index (χ2v) is 8.22. The number of amides is 1. The minimum Gasteiger partial charge on any atom is -0.343 e. The van der Waals surface area contributed by atoms with Crippen LogP contribution in [0.15, 0.2) is 29.1 Å². The third kappa shape index (κ3) is 4.28. The lowest BCUT2D eigenvalue weighted by Crippen LogP contribution is -2.42. The standard InChI is InChI=1S/C21H30N4O2.ClH/c1-15(16-5-4-10-22-14-16)13-20(26)24-11-8-17(9-12-24)25-19-7-3-2-6-18(19)23-21(25)27;/h2-3,6-7,15-17,22H,4-5,8-14H2,1H3,(H,23,27);1H. The van der Waals surface area contributed by atoms with Gasteiger partial charge in [-0.05, 0) is 62.7 Å². The largest absolute Gasteiger partial charge is 0.343 e. The number of rotatable bonds is 4. The number of hydrogen-bond acceptors (Lipinski definition) is 3. The van der Waals surface area contributed by atoms with E-state index in [1.54, 1.807) is 0 Å². The molecule has 0 saturated carbocycles. The number of aromatic nitrogens is 2. The number of aromatic amines is 1. The highest BCUT2D eigenvalue weighted by molar-refractivity contribution is 5.85. The Balaban J connectivity index is 0.00000225. The number of likely N-dealkylation sites (tertiary alicyclic amines) is 1. The quantitative estimate of drug-likeness (QED) is 0.820. The predicted octanol–water partition coefficient (Wildman–Crippen LogP) is 2.94. The summed E-state index contributed by atoms with van der Waals surface area (Å²) in [6.07, 6.45) is 4.77. The van der Waals surface area contributed by atoms with Crippen LogP contribution in [-0.2, 0) is 4.79 Å². The van der Waals surface area contributed by atoms with E-state index in [1.165, 1.54) is 12.8 Å². The van der Waals surface area contributed by atoms with Gasteiger partial charge in [-0.15, -0.1) is 12.4 Å². The van der Waals surface area contributed by atoms with E-state index >= 15 is 0 Å². The zero-order valence-corrected chi connectivity index (χ0v) is 17.3. The third-order valence-corrected chi connectivity index (χ3v) is 6.44. The molecule has 1 aromatic carbocycles. The first-order valence-corrected chi connectivity index (χ1v) is 10.3. The molecule has 2 aromatic rings. The van der Waals surface area contributed by atoms with Gasteiger partial charge >= 0.3 is 5.69 Å². The average Bonchev–Trinajstić information content (AvgIpc) is 3.04. The van der Waals surface area contributed by atoms with E-state index in [-0.39, 0.29) is 30.0 Å². The fraction of sp³-hybridized carbons (Fsp3) is 0.619. The first-order chi connectivity index (χ1) is 13.1. The van der Waals surface area contributed by atoms with Gasteiger partial charge < -0.3 is 15.2 Å². The molecule has 2 aliphatic rings. The summed E-state index contributed by atoms with van der Waals surface area (Å²) in [6, 6.07) is 8.00. The number of para-hydroxylation sites is 2. The smallest absolute Gasteiger partial charge is 0.326 e. The van der Waals surface area contributed by atoms with Crippen molar-refractivity contribution < 1.29 is 4.79 Å². The van der Waals surface area contributed by atoms with Crippen molar-refractivity contribution in [2.45, 2.75) is 45.1 Å². The lowest BCUT2D eigenvalue weighted by molar-refractivity contribution is -0.133. The summed E-state index contributed by atoms with van der Waals surface area (Å²) in [7, 11) is 0. The van der Waals surface area contributed by atoms with Crippen LogP contribution in [0.1, 0.15) is 45.1 Å². The third-order valence-electron chi connectivity index (χ3n) is 6.44. The minimum absolute atomic E-state index is 0. The maximum absolute atomic E-state index is 12.8. The maximum Gasteiger partial charge on any atom is 0.326 e. The Bertz CT molecular complexity index is 847. The number of nitrogens with one attached hydrogen (secondary N) is 2. The van der Waals surface area contributed by atoms with Gasteiger partial charge in [0, 0.05) is 25.6 Å². The summed E-state index contributed by atoms with van der Waals surface area (Å²) < 4.78 is 1.88. The molecular formula is C21H31ClN4O2. The lowest BCUT2D eigenvalue weighted by Gasteiger charge is -2.34. The van der Waals surface area contributed by atoms with Crippen LogP contribution < -0.4 is 11.0 Å². The van der Waals surface area contributed by atoms with E-state index in [0.29, 0.717) is 18.3 Å². The van der Waals surface area contributed by atoms with Crippen LogP contribution in [0.25, 0.3) is 11.0 Å². The van der Waals surface area contributed by atoms with Gasteiger partial charge in [-0.3, -0.25) is 9.36 Å². The molecule has 2 aliphatic heterocycles. The van der Waals surface area contributed by atoms with Crippen molar-refractivity contribution in [1.29, 1.82) is 0 Å². The number of halogens is 1. The highest BCUT2D eigenvalue weighted by Crippen LogP contribution is 2.27. The highest BCUT2D eigenvalue weighted by Gasteiger charge is 2.28. The summed E-state index contributed by atoms with van der Waals surface area (Å²) in [5.74, 6) is 1.32. The Hall–Kier alpha value is -1.79. The summed E-state index contributed by atoms with van der Waals surface area (Å²) in [5.41, 5.74) is 1.81. The molecule has 7 heteroatoms. The number of nitrogens with zero attached hydrogens (tertiary/aromatic N) is 2. The van der Waals surface area contributed by atoms with Gasteiger partial charge in [0.2, 0.25) is 5.91 Å². The van der Waals surface area contributed by atoms with Gasteiger partial charge in [-0.2, -0.15) is 0 Å². The molecule has 1 amide bonds. The highest BCUT2D eigenvalue weighted by atomic mass is 35.5. The Morgan fingerprint density at radius 1 is 1.21 bits per heavy atom. The molecule has 3 heterocycles.